The minimum absolute atomic E-state index is 0.00936. The third-order valence-electron chi connectivity index (χ3n) is 1.68. The van der Waals surface area contributed by atoms with Gasteiger partial charge in [-0.2, -0.15) is 0 Å². The number of aliphatic carboxylic acids is 1. The summed E-state index contributed by atoms with van der Waals surface area (Å²) in [5.74, 6) is -0.856. The van der Waals surface area contributed by atoms with Gasteiger partial charge in [-0.3, -0.25) is 9.59 Å². The minimum atomic E-state index is -0.856. The first kappa shape index (κ1) is 10.2. The highest BCUT2D eigenvalue weighted by Gasteiger charge is 1.91. The van der Waals surface area contributed by atoms with Gasteiger partial charge < -0.3 is 5.11 Å². The van der Waals surface area contributed by atoms with Crippen LogP contribution in [0.15, 0.2) is 30.3 Å². The number of benzene rings is 1. The molecule has 0 spiro atoms. The number of carbonyl (C=O) groups excluding carboxylic acids is 1. The van der Waals surface area contributed by atoms with E-state index >= 15 is 0 Å². The summed E-state index contributed by atoms with van der Waals surface area (Å²) in [6, 6.07) is 6.91. The molecular weight excluding hydrogens is 180 g/mol. The van der Waals surface area contributed by atoms with E-state index in [2.05, 4.69) is 0 Å². The monoisotopic (exact) mass is 190 g/mol. The molecule has 0 radical (unpaired) electrons. The number of rotatable bonds is 4. The number of aldehydes is 1. The molecule has 0 aliphatic rings. The van der Waals surface area contributed by atoms with E-state index in [9.17, 15) is 9.59 Å². The molecule has 72 valence electrons. The van der Waals surface area contributed by atoms with E-state index in [1.54, 1.807) is 36.4 Å². The maximum absolute atomic E-state index is 10.3. The Morgan fingerprint density at radius 1 is 1.21 bits per heavy atom. The average Bonchev–Trinajstić information content (AvgIpc) is 2.18. The predicted octanol–water partition coefficient (Wildman–Crippen LogP) is 1.99. The molecule has 1 N–H and O–H groups in total. The average molecular weight is 190 g/mol. The lowest BCUT2D eigenvalue weighted by molar-refractivity contribution is -0.135. The van der Waals surface area contributed by atoms with E-state index in [1.165, 1.54) is 0 Å². The van der Waals surface area contributed by atoms with Crippen LogP contribution in [0, 0.1) is 0 Å². The molecule has 1 aromatic rings. The summed E-state index contributed by atoms with van der Waals surface area (Å²) in [5.41, 5.74) is 1.50. The fourth-order valence-electron chi connectivity index (χ4n) is 0.982. The third kappa shape index (κ3) is 3.23. The Balaban J connectivity index is 2.63. The van der Waals surface area contributed by atoms with Crippen LogP contribution in [0.4, 0.5) is 0 Å². The molecule has 3 nitrogen and oxygen atoms in total. The Kier molecular flexibility index (Phi) is 3.61. The van der Waals surface area contributed by atoms with Gasteiger partial charge in [-0.25, -0.2) is 0 Å². The van der Waals surface area contributed by atoms with Crippen molar-refractivity contribution in [1.29, 1.82) is 0 Å². The Hall–Kier alpha value is -1.90. The Morgan fingerprint density at radius 2 is 1.79 bits per heavy atom. The molecule has 0 atom stereocenters. The normalized spacial score (nSPS) is 10.3. The van der Waals surface area contributed by atoms with Crippen LogP contribution in [0.3, 0.4) is 0 Å². The second-order valence-corrected chi connectivity index (χ2v) is 2.78. The number of carboxylic acids is 1. The lowest BCUT2D eigenvalue weighted by atomic mass is 10.1. The van der Waals surface area contributed by atoms with Gasteiger partial charge >= 0.3 is 5.97 Å². The molecule has 0 fully saturated rings. The summed E-state index contributed by atoms with van der Waals surface area (Å²) in [5, 5.41) is 8.38. The summed E-state index contributed by atoms with van der Waals surface area (Å²) >= 11 is 0. The Morgan fingerprint density at radius 3 is 2.29 bits per heavy atom. The second-order valence-electron chi connectivity index (χ2n) is 2.78. The molecular formula is C11H10O3. The van der Waals surface area contributed by atoms with Gasteiger partial charge in [0.1, 0.15) is 6.29 Å². The van der Waals surface area contributed by atoms with Crippen LogP contribution >= 0.6 is 0 Å². The van der Waals surface area contributed by atoms with Crippen LogP contribution < -0.4 is 0 Å². The summed E-state index contributed by atoms with van der Waals surface area (Å²) in [7, 11) is 0. The second kappa shape index (κ2) is 4.97. The van der Waals surface area contributed by atoms with Crippen molar-refractivity contribution < 1.29 is 14.7 Å². The highest BCUT2D eigenvalue weighted by atomic mass is 16.4. The van der Waals surface area contributed by atoms with Crippen molar-refractivity contribution >= 4 is 18.3 Å². The Labute approximate surface area is 81.7 Å². The lowest BCUT2D eigenvalue weighted by Gasteiger charge is -1.93. The summed E-state index contributed by atoms with van der Waals surface area (Å²) in [4.78, 5) is 20.5. The maximum atomic E-state index is 10.3. The first-order valence-electron chi connectivity index (χ1n) is 4.16. The van der Waals surface area contributed by atoms with Gasteiger partial charge in [-0.05, 0) is 5.56 Å². The first-order valence-corrected chi connectivity index (χ1v) is 4.16. The molecule has 0 heterocycles. The summed E-state index contributed by atoms with van der Waals surface area (Å²) < 4.78 is 0. The van der Waals surface area contributed by atoms with Gasteiger partial charge in [0.2, 0.25) is 0 Å². The van der Waals surface area contributed by atoms with Crippen LogP contribution in [0.25, 0.3) is 6.08 Å². The zero-order valence-electron chi connectivity index (χ0n) is 7.51. The van der Waals surface area contributed by atoms with E-state index in [-0.39, 0.29) is 6.42 Å². The van der Waals surface area contributed by atoms with E-state index in [4.69, 9.17) is 5.11 Å². The minimum Gasteiger partial charge on any atom is -0.481 e. The highest BCUT2D eigenvalue weighted by molar-refractivity contribution is 5.75. The topological polar surface area (TPSA) is 54.4 Å². The standard InChI is InChI=1S/C11H10O3/c12-8-10-6-4-9(5-7-10)2-1-3-11(13)14/h1-2,4-8H,3H2,(H,13,14). The zero-order valence-corrected chi connectivity index (χ0v) is 7.51. The fourth-order valence-corrected chi connectivity index (χ4v) is 0.982. The molecule has 0 aliphatic carbocycles. The molecule has 0 aromatic heterocycles. The summed E-state index contributed by atoms with van der Waals surface area (Å²) in [6.07, 6.45) is 4.06. The van der Waals surface area contributed by atoms with Crippen LogP contribution in [-0.4, -0.2) is 17.4 Å². The quantitative estimate of drug-likeness (QED) is 0.738. The number of carboxylic acid groups (broad SMARTS) is 1. The van der Waals surface area contributed by atoms with E-state index in [1.807, 2.05) is 0 Å². The van der Waals surface area contributed by atoms with Crippen LogP contribution in [0.5, 0.6) is 0 Å². The largest absolute Gasteiger partial charge is 0.481 e. The van der Waals surface area contributed by atoms with Crippen molar-refractivity contribution in [2.75, 3.05) is 0 Å². The SMILES string of the molecule is O=Cc1ccc(C=CCC(=O)O)cc1. The van der Waals surface area contributed by atoms with E-state index in [0.29, 0.717) is 5.56 Å². The lowest BCUT2D eigenvalue weighted by Crippen LogP contribution is -1.89. The zero-order chi connectivity index (χ0) is 10.4. The summed E-state index contributed by atoms with van der Waals surface area (Å²) in [6.45, 7) is 0. The molecule has 1 aromatic carbocycles. The molecule has 0 unspecified atom stereocenters. The van der Waals surface area contributed by atoms with Crippen molar-refractivity contribution in [3.63, 3.8) is 0 Å². The molecule has 14 heavy (non-hydrogen) atoms. The van der Waals surface area contributed by atoms with Gasteiger partial charge in [-0.1, -0.05) is 36.4 Å². The van der Waals surface area contributed by atoms with Crippen LogP contribution in [-0.2, 0) is 4.79 Å². The van der Waals surface area contributed by atoms with Crippen molar-refractivity contribution in [3.8, 4) is 0 Å². The molecule has 0 amide bonds. The van der Waals surface area contributed by atoms with Gasteiger partial charge in [-0.15, -0.1) is 0 Å². The van der Waals surface area contributed by atoms with E-state index in [0.717, 1.165) is 11.8 Å². The smallest absolute Gasteiger partial charge is 0.307 e. The van der Waals surface area contributed by atoms with Gasteiger partial charge in [0.15, 0.2) is 0 Å². The van der Waals surface area contributed by atoms with Crippen molar-refractivity contribution in [2.45, 2.75) is 6.42 Å². The molecule has 0 bridgehead atoms. The van der Waals surface area contributed by atoms with E-state index < -0.39 is 5.97 Å². The van der Waals surface area contributed by atoms with Gasteiger partial charge in [0.25, 0.3) is 0 Å². The highest BCUT2D eigenvalue weighted by Crippen LogP contribution is 2.04. The molecule has 3 heteroatoms. The number of carbonyl (C=O) groups is 2. The molecule has 1 rings (SSSR count). The number of hydrogen-bond donors (Lipinski definition) is 1. The van der Waals surface area contributed by atoms with Crippen molar-refractivity contribution in [1.82, 2.24) is 0 Å². The fraction of sp³-hybridized carbons (Fsp3) is 0.0909. The molecule has 0 saturated heterocycles. The number of hydrogen-bond acceptors (Lipinski definition) is 2. The molecule has 0 aliphatic heterocycles. The third-order valence-corrected chi connectivity index (χ3v) is 1.68. The van der Waals surface area contributed by atoms with Crippen molar-refractivity contribution in [3.05, 3.63) is 41.5 Å². The Bertz CT molecular complexity index is 349. The van der Waals surface area contributed by atoms with Gasteiger partial charge in [0.05, 0.1) is 6.42 Å². The maximum Gasteiger partial charge on any atom is 0.307 e. The molecule has 0 saturated carbocycles. The predicted molar refractivity (Wildman–Crippen MR) is 53.1 cm³/mol. The first-order chi connectivity index (χ1) is 6.72. The van der Waals surface area contributed by atoms with Crippen LogP contribution in [0.2, 0.25) is 0 Å². The van der Waals surface area contributed by atoms with Crippen molar-refractivity contribution in [2.24, 2.45) is 0 Å². The van der Waals surface area contributed by atoms with Crippen LogP contribution in [0.1, 0.15) is 22.3 Å². The van der Waals surface area contributed by atoms with Gasteiger partial charge in [0, 0.05) is 5.56 Å².